The zero-order chi connectivity index (χ0) is 13.0. The number of fused-ring (bicyclic) bond motifs is 1. The molecule has 0 aliphatic rings. The molecule has 0 bridgehead atoms. The molecule has 0 saturated carbocycles. The standard InChI is InChI=1S/C14H22N4/c1-4-6-8-15-14-13-12(16-11(3)17-14)7-10-18(13)9-5-2/h7,10H,4-6,8-9H2,1-3H3,(H,15,16,17). The maximum absolute atomic E-state index is 4.55. The van der Waals surface area contributed by atoms with E-state index in [4.69, 9.17) is 0 Å². The van der Waals surface area contributed by atoms with Crippen LogP contribution in [0.5, 0.6) is 0 Å². The van der Waals surface area contributed by atoms with Crippen LogP contribution in [0.15, 0.2) is 12.3 Å². The molecule has 2 heterocycles. The molecule has 0 aliphatic heterocycles. The molecule has 0 aromatic carbocycles. The lowest BCUT2D eigenvalue weighted by Crippen LogP contribution is -2.07. The number of rotatable bonds is 6. The third-order valence-electron chi connectivity index (χ3n) is 3.01. The summed E-state index contributed by atoms with van der Waals surface area (Å²) >= 11 is 0. The Labute approximate surface area is 108 Å². The van der Waals surface area contributed by atoms with Gasteiger partial charge in [0, 0.05) is 19.3 Å². The van der Waals surface area contributed by atoms with E-state index in [9.17, 15) is 0 Å². The van der Waals surface area contributed by atoms with Gasteiger partial charge in [0.1, 0.15) is 11.3 Å². The van der Waals surface area contributed by atoms with Crippen molar-refractivity contribution in [1.29, 1.82) is 0 Å². The lowest BCUT2D eigenvalue weighted by Gasteiger charge is -2.10. The van der Waals surface area contributed by atoms with Gasteiger partial charge in [-0.2, -0.15) is 0 Å². The van der Waals surface area contributed by atoms with E-state index in [-0.39, 0.29) is 0 Å². The highest BCUT2D eigenvalue weighted by molar-refractivity contribution is 5.86. The minimum atomic E-state index is 0.829. The summed E-state index contributed by atoms with van der Waals surface area (Å²) < 4.78 is 2.24. The van der Waals surface area contributed by atoms with Gasteiger partial charge in [0.15, 0.2) is 5.82 Å². The first-order valence-electron chi connectivity index (χ1n) is 6.83. The summed E-state index contributed by atoms with van der Waals surface area (Å²) in [6.45, 7) is 8.31. The van der Waals surface area contributed by atoms with E-state index in [1.807, 2.05) is 6.92 Å². The SMILES string of the molecule is CCCCNc1nc(C)nc2ccn(CCC)c12. The fourth-order valence-electron chi connectivity index (χ4n) is 2.16. The van der Waals surface area contributed by atoms with E-state index in [1.165, 1.54) is 12.8 Å². The smallest absolute Gasteiger partial charge is 0.154 e. The predicted octanol–water partition coefficient (Wildman–Crippen LogP) is 3.36. The highest BCUT2D eigenvalue weighted by atomic mass is 15.1. The van der Waals surface area contributed by atoms with Crippen molar-refractivity contribution in [2.75, 3.05) is 11.9 Å². The van der Waals surface area contributed by atoms with Gasteiger partial charge in [-0.25, -0.2) is 9.97 Å². The Hall–Kier alpha value is -1.58. The summed E-state index contributed by atoms with van der Waals surface area (Å²) in [6.07, 6.45) is 5.58. The molecule has 0 atom stereocenters. The maximum atomic E-state index is 4.55. The molecular formula is C14H22N4. The molecule has 18 heavy (non-hydrogen) atoms. The summed E-state index contributed by atoms with van der Waals surface area (Å²) in [5, 5.41) is 3.44. The molecule has 98 valence electrons. The number of unbranched alkanes of at least 4 members (excludes halogenated alkanes) is 1. The summed E-state index contributed by atoms with van der Waals surface area (Å²) in [5.74, 6) is 1.81. The van der Waals surface area contributed by atoms with Gasteiger partial charge in [0.05, 0.1) is 5.52 Å². The molecule has 0 amide bonds. The van der Waals surface area contributed by atoms with Gasteiger partial charge in [-0.15, -0.1) is 0 Å². The van der Waals surface area contributed by atoms with Gasteiger partial charge in [-0.05, 0) is 25.8 Å². The fourth-order valence-corrected chi connectivity index (χ4v) is 2.16. The zero-order valence-corrected chi connectivity index (χ0v) is 11.5. The van der Waals surface area contributed by atoms with Crippen molar-refractivity contribution < 1.29 is 0 Å². The first-order valence-corrected chi connectivity index (χ1v) is 6.83. The van der Waals surface area contributed by atoms with Crippen LogP contribution in [0, 0.1) is 6.92 Å². The number of hydrogen-bond donors (Lipinski definition) is 1. The molecule has 0 spiro atoms. The van der Waals surface area contributed by atoms with Gasteiger partial charge in [0.25, 0.3) is 0 Å². The fraction of sp³-hybridized carbons (Fsp3) is 0.571. The van der Waals surface area contributed by atoms with Crippen LogP contribution in [0.25, 0.3) is 11.0 Å². The summed E-state index contributed by atoms with van der Waals surface area (Å²) in [7, 11) is 0. The highest BCUT2D eigenvalue weighted by Crippen LogP contribution is 2.22. The average Bonchev–Trinajstić information content (AvgIpc) is 2.73. The topological polar surface area (TPSA) is 42.7 Å². The molecule has 0 aliphatic carbocycles. The van der Waals surface area contributed by atoms with Gasteiger partial charge < -0.3 is 9.88 Å². The molecule has 0 radical (unpaired) electrons. The molecular weight excluding hydrogens is 224 g/mol. The van der Waals surface area contributed by atoms with Gasteiger partial charge in [-0.3, -0.25) is 0 Å². The largest absolute Gasteiger partial charge is 0.368 e. The van der Waals surface area contributed by atoms with Gasteiger partial charge >= 0.3 is 0 Å². The van der Waals surface area contributed by atoms with Crippen LogP contribution in [-0.2, 0) is 6.54 Å². The first-order chi connectivity index (χ1) is 8.76. The minimum absolute atomic E-state index is 0.829. The van der Waals surface area contributed by atoms with E-state index < -0.39 is 0 Å². The number of aromatic nitrogens is 3. The Morgan fingerprint density at radius 1 is 1.22 bits per heavy atom. The summed E-state index contributed by atoms with van der Waals surface area (Å²) in [4.78, 5) is 9.04. The van der Waals surface area contributed by atoms with Crippen molar-refractivity contribution in [2.24, 2.45) is 0 Å². The van der Waals surface area contributed by atoms with E-state index in [0.29, 0.717) is 0 Å². The van der Waals surface area contributed by atoms with Crippen LogP contribution in [0.3, 0.4) is 0 Å². The summed E-state index contributed by atoms with van der Waals surface area (Å²) in [6, 6.07) is 2.07. The normalized spacial score (nSPS) is 11.1. The third-order valence-corrected chi connectivity index (χ3v) is 3.01. The monoisotopic (exact) mass is 246 g/mol. The van der Waals surface area contributed by atoms with Crippen molar-refractivity contribution in [3.63, 3.8) is 0 Å². The molecule has 0 unspecified atom stereocenters. The quantitative estimate of drug-likeness (QED) is 0.795. The maximum Gasteiger partial charge on any atom is 0.154 e. The molecule has 0 fully saturated rings. The zero-order valence-electron chi connectivity index (χ0n) is 11.5. The van der Waals surface area contributed by atoms with E-state index in [1.54, 1.807) is 0 Å². The van der Waals surface area contributed by atoms with Crippen LogP contribution < -0.4 is 5.32 Å². The van der Waals surface area contributed by atoms with Crippen molar-refractivity contribution in [3.8, 4) is 0 Å². The molecule has 2 aromatic heterocycles. The second-order valence-electron chi connectivity index (χ2n) is 4.64. The number of nitrogens with zero attached hydrogens (tertiary/aromatic N) is 3. The Balaban J connectivity index is 2.37. The van der Waals surface area contributed by atoms with Crippen LogP contribution in [0.2, 0.25) is 0 Å². The van der Waals surface area contributed by atoms with Crippen molar-refractivity contribution in [3.05, 3.63) is 18.1 Å². The minimum Gasteiger partial charge on any atom is -0.368 e. The number of aryl methyl sites for hydroxylation is 2. The van der Waals surface area contributed by atoms with Crippen LogP contribution >= 0.6 is 0 Å². The second kappa shape index (κ2) is 5.85. The van der Waals surface area contributed by atoms with E-state index in [2.05, 4.69) is 46.0 Å². The van der Waals surface area contributed by atoms with E-state index in [0.717, 1.165) is 42.2 Å². The Morgan fingerprint density at radius 2 is 2.06 bits per heavy atom. The molecule has 1 N–H and O–H groups in total. The number of hydrogen-bond acceptors (Lipinski definition) is 3. The van der Waals surface area contributed by atoms with Crippen molar-refractivity contribution >= 4 is 16.9 Å². The van der Waals surface area contributed by atoms with E-state index >= 15 is 0 Å². The van der Waals surface area contributed by atoms with Crippen molar-refractivity contribution in [2.45, 2.75) is 46.6 Å². The molecule has 2 rings (SSSR count). The number of anilines is 1. The van der Waals surface area contributed by atoms with Gasteiger partial charge in [-0.1, -0.05) is 20.3 Å². The predicted molar refractivity (Wildman–Crippen MR) is 76.0 cm³/mol. The second-order valence-corrected chi connectivity index (χ2v) is 4.64. The molecule has 2 aromatic rings. The highest BCUT2D eigenvalue weighted by Gasteiger charge is 2.09. The Morgan fingerprint density at radius 3 is 2.78 bits per heavy atom. The van der Waals surface area contributed by atoms with Gasteiger partial charge in [0.2, 0.25) is 0 Å². The Kier molecular flexibility index (Phi) is 4.18. The number of nitrogens with one attached hydrogen (secondary N) is 1. The van der Waals surface area contributed by atoms with Crippen LogP contribution in [-0.4, -0.2) is 21.1 Å². The van der Waals surface area contributed by atoms with Crippen LogP contribution in [0.1, 0.15) is 38.9 Å². The third kappa shape index (κ3) is 2.63. The molecule has 0 saturated heterocycles. The lowest BCUT2D eigenvalue weighted by atomic mass is 10.3. The summed E-state index contributed by atoms with van der Waals surface area (Å²) in [5.41, 5.74) is 2.17. The average molecular weight is 246 g/mol. The first kappa shape index (κ1) is 12.9. The molecule has 4 heteroatoms. The van der Waals surface area contributed by atoms with Crippen LogP contribution in [0.4, 0.5) is 5.82 Å². The molecule has 4 nitrogen and oxygen atoms in total. The Bertz CT molecular complexity index is 516. The van der Waals surface area contributed by atoms with Crippen molar-refractivity contribution in [1.82, 2.24) is 14.5 Å². The lowest BCUT2D eigenvalue weighted by molar-refractivity contribution is 0.702.